The average Bonchev–Trinajstić information content (AvgIpc) is 3.75. The van der Waals surface area contributed by atoms with Crippen LogP contribution in [0.4, 0.5) is 0 Å². The van der Waals surface area contributed by atoms with Crippen molar-refractivity contribution in [3.63, 3.8) is 0 Å². The van der Waals surface area contributed by atoms with Gasteiger partial charge in [-0.25, -0.2) is 4.57 Å². The highest BCUT2D eigenvalue weighted by Crippen LogP contribution is 2.47. The van der Waals surface area contributed by atoms with Crippen LogP contribution < -0.4 is 20.5 Å². The number of carboxylic acids is 1. The molecule has 3 fully saturated rings. The zero-order valence-electron chi connectivity index (χ0n) is 31.2. The molecule has 0 amide bonds. The number of allylic oxidation sites excluding steroid dienone is 2. The number of aryl methyl sites for hydroxylation is 1. The predicted molar refractivity (Wildman–Crippen MR) is 196 cm³/mol. The summed E-state index contributed by atoms with van der Waals surface area (Å²) in [7, 11) is 2.06. The zero-order valence-corrected chi connectivity index (χ0v) is 31.2. The van der Waals surface area contributed by atoms with Crippen molar-refractivity contribution in [1.29, 1.82) is 0 Å². The van der Waals surface area contributed by atoms with Gasteiger partial charge in [-0.15, -0.1) is 0 Å². The first-order chi connectivity index (χ1) is 23.5. The maximum Gasteiger partial charge on any atom is 0.303 e. The number of aromatic amines is 1. The summed E-state index contributed by atoms with van der Waals surface area (Å²) in [4.78, 5) is 15.7. The molecule has 6 bridgehead atoms. The Kier molecular flexibility index (Phi) is 10.8. The van der Waals surface area contributed by atoms with Crippen LogP contribution in [0.25, 0.3) is 5.57 Å². The van der Waals surface area contributed by atoms with Crippen molar-refractivity contribution in [2.75, 3.05) is 0 Å². The minimum Gasteiger partial charge on any atom is -0.481 e. The van der Waals surface area contributed by atoms with E-state index < -0.39 is 12.1 Å². The van der Waals surface area contributed by atoms with Gasteiger partial charge in [0.05, 0.1) is 11.8 Å². The van der Waals surface area contributed by atoms with Crippen LogP contribution in [0.5, 0.6) is 0 Å². The number of nitrogens with one attached hydrogen (secondary N) is 4. The molecule has 4 aliphatic rings. The largest absolute Gasteiger partial charge is 0.481 e. The molecule has 1 saturated carbocycles. The summed E-state index contributed by atoms with van der Waals surface area (Å²) in [6.45, 7) is 16.2. The fourth-order valence-electron chi connectivity index (χ4n) is 10.1. The second-order valence-corrected chi connectivity index (χ2v) is 15.9. The van der Waals surface area contributed by atoms with Crippen LogP contribution in [-0.2, 0) is 24.7 Å². The summed E-state index contributed by atoms with van der Waals surface area (Å²) < 4.78 is 2.08. The lowest BCUT2D eigenvalue weighted by Crippen LogP contribution is -2.46. The van der Waals surface area contributed by atoms with Gasteiger partial charge < -0.3 is 31.1 Å². The molecule has 5 heterocycles. The Balaban J connectivity index is 1.60. The maximum absolute atomic E-state index is 11.7. The van der Waals surface area contributed by atoms with E-state index in [1.807, 2.05) is 0 Å². The molecule has 6 rings (SSSR count). The van der Waals surface area contributed by atoms with Crippen molar-refractivity contribution in [3.8, 4) is 0 Å². The smallest absolute Gasteiger partial charge is 0.303 e. The second kappa shape index (κ2) is 14.7. The van der Waals surface area contributed by atoms with Crippen molar-refractivity contribution in [3.05, 3.63) is 69.6 Å². The molecule has 49 heavy (non-hydrogen) atoms. The van der Waals surface area contributed by atoms with Crippen molar-refractivity contribution in [2.45, 2.75) is 137 Å². The van der Waals surface area contributed by atoms with Crippen molar-refractivity contribution >= 4 is 11.5 Å². The highest BCUT2D eigenvalue weighted by atomic mass is 16.4. The molecule has 2 aromatic rings. The number of fused-ring (bicyclic) bond motifs is 7. The Labute approximate surface area is 294 Å². The van der Waals surface area contributed by atoms with Gasteiger partial charge in [-0.3, -0.25) is 4.79 Å². The van der Waals surface area contributed by atoms with Crippen LogP contribution in [-0.4, -0.2) is 51.4 Å². The summed E-state index contributed by atoms with van der Waals surface area (Å²) in [6.07, 6.45) is 11.3. The summed E-state index contributed by atoms with van der Waals surface area (Å²) in [5.74, 6) is 0.805. The third-order valence-corrected chi connectivity index (χ3v) is 13.1. The molecule has 8 nitrogen and oxygen atoms in total. The highest BCUT2D eigenvalue weighted by Gasteiger charge is 2.45. The number of carboxylic acid groups (broad SMARTS) is 1. The third-order valence-electron chi connectivity index (χ3n) is 13.1. The van der Waals surface area contributed by atoms with Crippen LogP contribution in [0.2, 0.25) is 0 Å². The number of rotatable bonds is 8. The van der Waals surface area contributed by atoms with Crippen LogP contribution in [0.3, 0.4) is 0 Å². The molecule has 8 heteroatoms. The zero-order chi connectivity index (χ0) is 35.1. The van der Waals surface area contributed by atoms with E-state index >= 15 is 0 Å². The van der Waals surface area contributed by atoms with Gasteiger partial charge in [0.25, 0.3) is 0 Å². The van der Waals surface area contributed by atoms with Gasteiger partial charge in [0.15, 0.2) is 12.4 Å². The fraction of sp³-hybridized carbons (Fsp3) is 0.659. The SMILES string of the molecule is CCc1c2[nH]c(c1C)C(c1cc[n+](C)cc1)=C1NC(=C3CC(O)C(C)C3NC(CC)CC3NC(C2)C(C)C3CC)C(CCCC(=O)O)C1C. The van der Waals surface area contributed by atoms with E-state index in [4.69, 9.17) is 0 Å². The van der Waals surface area contributed by atoms with E-state index in [1.165, 1.54) is 50.6 Å². The topological polar surface area (TPSA) is 113 Å². The molecular formula is C41H62N5O3+. The minimum atomic E-state index is -0.744. The molecule has 3 aliphatic heterocycles. The first-order valence-electron chi connectivity index (χ1n) is 19.3. The monoisotopic (exact) mass is 672 g/mol. The summed E-state index contributed by atoms with van der Waals surface area (Å²) in [6, 6.07) is 5.67. The first kappa shape index (κ1) is 35.9. The quantitative estimate of drug-likeness (QED) is 0.194. The lowest BCUT2D eigenvalue weighted by atomic mass is 9.82. The molecular weight excluding hydrogens is 610 g/mol. The summed E-state index contributed by atoms with van der Waals surface area (Å²) in [5.41, 5.74) is 11.3. The number of hydrogen-bond donors (Lipinski definition) is 6. The average molecular weight is 673 g/mol. The highest BCUT2D eigenvalue weighted by molar-refractivity contribution is 5.83. The van der Waals surface area contributed by atoms with Gasteiger partial charge >= 0.3 is 5.97 Å². The number of aliphatic hydroxyl groups is 1. The number of hydrogen-bond acceptors (Lipinski definition) is 5. The molecule has 10 atom stereocenters. The van der Waals surface area contributed by atoms with Crippen LogP contribution in [0.1, 0.15) is 115 Å². The molecule has 268 valence electrons. The van der Waals surface area contributed by atoms with Gasteiger partial charge in [-0.1, -0.05) is 48.0 Å². The summed E-state index contributed by atoms with van der Waals surface area (Å²) in [5, 5.41) is 33.4. The van der Waals surface area contributed by atoms with Crippen molar-refractivity contribution in [2.24, 2.45) is 36.6 Å². The van der Waals surface area contributed by atoms with Gasteiger partial charge in [0.1, 0.15) is 7.05 Å². The van der Waals surface area contributed by atoms with Gasteiger partial charge in [-0.2, -0.15) is 0 Å². The molecule has 6 N–H and O–H groups in total. The van der Waals surface area contributed by atoms with E-state index in [0.29, 0.717) is 42.8 Å². The van der Waals surface area contributed by atoms with Gasteiger partial charge in [-0.05, 0) is 79.5 Å². The normalized spacial score (nSPS) is 33.2. The molecule has 1 aliphatic carbocycles. The predicted octanol–water partition coefficient (Wildman–Crippen LogP) is 5.92. The number of nitrogens with zero attached hydrogens (tertiary/aromatic N) is 1. The number of aliphatic hydroxyl groups excluding tert-OH is 1. The fourth-order valence-corrected chi connectivity index (χ4v) is 10.1. The van der Waals surface area contributed by atoms with E-state index in [9.17, 15) is 15.0 Å². The maximum atomic E-state index is 11.7. The third kappa shape index (κ3) is 6.77. The molecule has 0 radical (unpaired) electrons. The van der Waals surface area contributed by atoms with Gasteiger partial charge in [0, 0.05) is 89.6 Å². The van der Waals surface area contributed by atoms with E-state index in [1.54, 1.807) is 0 Å². The molecule has 2 saturated heterocycles. The number of pyridine rings is 1. The first-order valence-corrected chi connectivity index (χ1v) is 19.3. The van der Waals surface area contributed by atoms with Crippen molar-refractivity contribution in [1.82, 2.24) is 20.9 Å². The Bertz CT molecular complexity index is 1570. The molecule has 2 aromatic heterocycles. The van der Waals surface area contributed by atoms with Crippen LogP contribution >= 0.6 is 0 Å². The van der Waals surface area contributed by atoms with Gasteiger partial charge in [0.2, 0.25) is 0 Å². The number of carbonyl (C=O) groups is 1. The minimum absolute atomic E-state index is 0.0586. The molecule has 10 unspecified atom stereocenters. The number of H-pyrrole nitrogens is 1. The van der Waals surface area contributed by atoms with E-state index in [2.05, 4.69) is 106 Å². The number of aromatic nitrogens is 2. The van der Waals surface area contributed by atoms with Crippen LogP contribution in [0, 0.1) is 36.5 Å². The molecule has 0 spiro atoms. The Morgan fingerprint density at radius 2 is 1.71 bits per heavy atom. The lowest BCUT2D eigenvalue weighted by Gasteiger charge is -2.31. The van der Waals surface area contributed by atoms with E-state index in [-0.39, 0.29) is 30.2 Å². The number of aliphatic carboxylic acids is 1. The van der Waals surface area contributed by atoms with E-state index in [0.717, 1.165) is 38.5 Å². The standard InChI is InChI=1S/C41H61N5O3/c1-9-27-19-33-28(10-2)22(4)32(43-33)21-34-29(11-3)23(5)39(44-34)37(26-15-17-46(8)18-16-26)40-24(6)30(13-12-14-36(48)49)41(45-40)31-20-35(47)25(7)38(31)42-27/h15-18,22,24-25,27-28,30,32-33,35,38,42-44,47H,9-14,19-21H2,1-8H3,(H,48,49)/p+1. The second-order valence-electron chi connectivity index (χ2n) is 15.9. The Morgan fingerprint density at radius 1 is 0.980 bits per heavy atom. The Hall–Kier alpha value is -2.94. The summed E-state index contributed by atoms with van der Waals surface area (Å²) >= 11 is 0. The molecule has 0 aromatic carbocycles. The Morgan fingerprint density at radius 3 is 2.37 bits per heavy atom. The lowest BCUT2D eigenvalue weighted by molar-refractivity contribution is -0.671. The van der Waals surface area contributed by atoms with Crippen molar-refractivity contribution < 1.29 is 19.6 Å². The van der Waals surface area contributed by atoms with Crippen LogP contribution in [0.15, 0.2) is 41.5 Å².